The van der Waals surface area contributed by atoms with Gasteiger partial charge in [0.25, 0.3) is 0 Å². The van der Waals surface area contributed by atoms with Gasteiger partial charge < -0.3 is 20.7 Å². The fourth-order valence-electron chi connectivity index (χ4n) is 3.40. The molecule has 1 saturated heterocycles. The standard InChI is InChI=1S/C22H43N5O2.HI/c1-8-14-27-15-12-18(13-16-27)25-19(23-11-4)24-17-22(9-2,10-3)26-20(28)29-21(5,6)7;/h8,18H,1,9-17H2,2-7H3,(H,26,28)(H2,23,24,25);1H. The second-order valence-corrected chi connectivity index (χ2v) is 8.82. The molecule has 0 saturated carbocycles. The molecule has 7 nitrogen and oxygen atoms in total. The zero-order chi connectivity index (χ0) is 21.9. The molecule has 1 rings (SSSR count). The van der Waals surface area contributed by atoms with Crippen molar-refractivity contribution >= 4 is 36.0 Å². The average Bonchev–Trinajstić information content (AvgIpc) is 2.65. The molecule has 0 spiro atoms. The Balaban J connectivity index is 0.00000841. The van der Waals surface area contributed by atoms with Crippen LogP contribution in [0.15, 0.2) is 17.6 Å². The first-order chi connectivity index (χ1) is 13.7. The van der Waals surface area contributed by atoms with E-state index in [2.05, 4.69) is 48.2 Å². The van der Waals surface area contributed by atoms with E-state index in [1.54, 1.807) is 0 Å². The number of ether oxygens (including phenoxy) is 1. The second-order valence-electron chi connectivity index (χ2n) is 8.82. The number of guanidine groups is 1. The molecule has 3 N–H and O–H groups in total. The summed E-state index contributed by atoms with van der Waals surface area (Å²) in [6.07, 6.45) is 5.31. The van der Waals surface area contributed by atoms with Crippen LogP contribution in [0.5, 0.6) is 0 Å². The molecule has 8 heteroatoms. The Labute approximate surface area is 200 Å². The van der Waals surface area contributed by atoms with E-state index in [1.807, 2.05) is 26.8 Å². The number of piperidine rings is 1. The lowest BCUT2D eigenvalue weighted by Gasteiger charge is -2.34. The summed E-state index contributed by atoms with van der Waals surface area (Å²) < 4.78 is 5.46. The minimum absolute atomic E-state index is 0. The number of amides is 1. The van der Waals surface area contributed by atoms with E-state index < -0.39 is 11.1 Å². The maximum absolute atomic E-state index is 12.3. The summed E-state index contributed by atoms with van der Waals surface area (Å²) in [6.45, 7) is 20.0. The molecule has 0 radical (unpaired) electrons. The maximum Gasteiger partial charge on any atom is 0.408 e. The van der Waals surface area contributed by atoms with Crippen LogP contribution in [-0.4, -0.2) is 66.9 Å². The Morgan fingerprint density at radius 3 is 2.27 bits per heavy atom. The molecule has 1 fully saturated rings. The summed E-state index contributed by atoms with van der Waals surface area (Å²) in [5, 5.41) is 9.99. The molecule has 0 atom stereocenters. The van der Waals surface area contributed by atoms with Crippen molar-refractivity contribution in [2.24, 2.45) is 4.99 Å². The van der Waals surface area contributed by atoms with Gasteiger partial charge in [-0.3, -0.25) is 9.89 Å². The molecule has 0 aromatic rings. The van der Waals surface area contributed by atoms with Gasteiger partial charge in [-0.25, -0.2) is 4.79 Å². The van der Waals surface area contributed by atoms with Gasteiger partial charge in [0.2, 0.25) is 0 Å². The summed E-state index contributed by atoms with van der Waals surface area (Å²) in [5.41, 5.74) is -0.935. The first kappa shape index (κ1) is 29.0. The van der Waals surface area contributed by atoms with E-state index in [1.165, 1.54) is 0 Å². The third-order valence-corrected chi connectivity index (χ3v) is 5.32. The smallest absolute Gasteiger partial charge is 0.408 e. The van der Waals surface area contributed by atoms with Gasteiger partial charge in [0, 0.05) is 32.2 Å². The van der Waals surface area contributed by atoms with Gasteiger partial charge in [-0.2, -0.15) is 0 Å². The Kier molecular flexibility index (Phi) is 13.6. The predicted molar refractivity (Wildman–Crippen MR) is 137 cm³/mol. The van der Waals surface area contributed by atoms with Crippen LogP contribution in [0.3, 0.4) is 0 Å². The Morgan fingerprint density at radius 2 is 1.80 bits per heavy atom. The molecule has 1 heterocycles. The Morgan fingerprint density at radius 1 is 1.20 bits per heavy atom. The largest absolute Gasteiger partial charge is 0.444 e. The molecule has 30 heavy (non-hydrogen) atoms. The van der Waals surface area contributed by atoms with Crippen LogP contribution >= 0.6 is 24.0 Å². The van der Waals surface area contributed by atoms with E-state index in [-0.39, 0.29) is 30.1 Å². The van der Waals surface area contributed by atoms with Gasteiger partial charge in [0.05, 0.1) is 12.1 Å². The lowest BCUT2D eigenvalue weighted by atomic mass is 9.93. The number of nitrogens with zero attached hydrogens (tertiary/aromatic N) is 2. The van der Waals surface area contributed by atoms with Gasteiger partial charge in [0.1, 0.15) is 5.60 Å². The molecule has 1 amide bonds. The highest BCUT2D eigenvalue weighted by atomic mass is 127. The van der Waals surface area contributed by atoms with Gasteiger partial charge in [-0.15, -0.1) is 30.6 Å². The van der Waals surface area contributed by atoms with Crippen LogP contribution in [0.4, 0.5) is 4.79 Å². The number of carbonyl (C=O) groups excluding carboxylic acids is 1. The topological polar surface area (TPSA) is 78.0 Å². The van der Waals surface area contributed by atoms with Crippen molar-refractivity contribution in [1.29, 1.82) is 0 Å². The van der Waals surface area contributed by atoms with Crippen molar-refractivity contribution < 1.29 is 9.53 Å². The highest BCUT2D eigenvalue weighted by Gasteiger charge is 2.30. The second kappa shape index (κ2) is 14.1. The van der Waals surface area contributed by atoms with Crippen LogP contribution < -0.4 is 16.0 Å². The molecule has 0 unspecified atom stereocenters. The van der Waals surface area contributed by atoms with Gasteiger partial charge >= 0.3 is 6.09 Å². The third kappa shape index (κ3) is 10.8. The average molecular weight is 538 g/mol. The lowest BCUT2D eigenvalue weighted by molar-refractivity contribution is 0.0452. The van der Waals surface area contributed by atoms with E-state index in [0.717, 1.165) is 57.8 Å². The number of rotatable bonds is 9. The molecule has 0 bridgehead atoms. The fraction of sp³-hybridized carbons (Fsp3) is 0.818. The van der Waals surface area contributed by atoms with Crippen LogP contribution in [0.25, 0.3) is 0 Å². The van der Waals surface area contributed by atoms with Gasteiger partial charge in [-0.1, -0.05) is 19.9 Å². The molecular weight excluding hydrogens is 493 g/mol. The van der Waals surface area contributed by atoms with E-state index in [0.29, 0.717) is 12.6 Å². The summed E-state index contributed by atoms with van der Waals surface area (Å²) in [7, 11) is 0. The van der Waals surface area contributed by atoms with Crippen molar-refractivity contribution in [3.05, 3.63) is 12.7 Å². The van der Waals surface area contributed by atoms with E-state index >= 15 is 0 Å². The van der Waals surface area contributed by atoms with Crippen LogP contribution in [0, 0.1) is 0 Å². The summed E-state index contributed by atoms with van der Waals surface area (Å²) >= 11 is 0. The monoisotopic (exact) mass is 537 g/mol. The molecule has 1 aliphatic heterocycles. The van der Waals surface area contributed by atoms with Crippen molar-refractivity contribution in [2.45, 2.75) is 84.4 Å². The molecule has 176 valence electrons. The first-order valence-electron chi connectivity index (χ1n) is 11.1. The fourth-order valence-corrected chi connectivity index (χ4v) is 3.40. The number of hydrogen-bond donors (Lipinski definition) is 3. The number of alkyl carbamates (subject to hydrolysis) is 1. The van der Waals surface area contributed by atoms with Crippen molar-refractivity contribution in [1.82, 2.24) is 20.9 Å². The number of carbonyl (C=O) groups is 1. The predicted octanol–water partition coefficient (Wildman–Crippen LogP) is 3.89. The third-order valence-electron chi connectivity index (χ3n) is 5.32. The molecule has 0 aliphatic carbocycles. The van der Waals surface area contributed by atoms with E-state index in [4.69, 9.17) is 9.73 Å². The minimum atomic E-state index is -0.516. The van der Waals surface area contributed by atoms with E-state index in [9.17, 15) is 4.79 Å². The van der Waals surface area contributed by atoms with Crippen LogP contribution in [0.1, 0.15) is 67.2 Å². The quantitative estimate of drug-likeness (QED) is 0.180. The Bertz CT molecular complexity index is 536. The highest BCUT2D eigenvalue weighted by molar-refractivity contribution is 14.0. The zero-order valence-corrected chi connectivity index (χ0v) is 22.2. The summed E-state index contributed by atoms with van der Waals surface area (Å²) in [4.78, 5) is 19.6. The molecule has 0 aromatic carbocycles. The lowest BCUT2D eigenvalue weighted by Crippen LogP contribution is -2.53. The zero-order valence-electron chi connectivity index (χ0n) is 19.8. The maximum atomic E-state index is 12.3. The van der Waals surface area contributed by atoms with Crippen LogP contribution in [-0.2, 0) is 4.74 Å². The summed E-state index contributed by atoms with van der Waals surface area (Å²) in [5.74, 6) is 0.812. The first-order valence-corrected chi connectivity index (χ1v) is 11.1. The number of halogens is 1. The van der Waals surface area contributed by atoms with Crippen molar-refractivity contribution in [3.63, 3.8) is 0 Å². The molecular formula is C22H44IN5O2. The normalized spacial score (nSPS) is 16.4. The van der Waals surface area contributed by atoms with Crippen molar-refractivity contribution in [2.75, 3.05) is 32.7 Å². The Hall–Kier alpha value is -1.03. The highest BCUT2D eigenvalue weighted by Crippen LogP contribution is 2.18. The van der Waals surface area contributed by atoms with Gasteiger partial charge in [-0.05, 0) is 53.4 Å². The number of likely N-dealkylation sites (tertiary alicyclic amines) is 1. The number of hydrogen-bond acceptors (Lipinski definition) is 4. The van der Waals surface area contributed by atoms with Gasteiger partial charge in [0.15, 0.2) is 5.96 Å². The number of aliphatic imine (C=N–C) groups is 1. The molecule has 1 aliphatic rings. The minimum Gasteiger partial charge on any atom is -0.444 e. The summed E-state index contributed by atoms with van der Waals surface area (Å²) in [6, 6.07) is 0.408. The van der Waals surface area contributed by atoms with Crippen LogP contribution in [0.2, 0.25) is 0 Å². The SMILES string of the molecule is C=CCN1CCC(NC(=NCC(CC)(CC)NC(=O)OC(C)(C)C)NCC)CC1.I. The molecule has 0 aromatic heterocycles. The number of nitrogens with one attached hydrogen (secondary N) is 3. The van der Waals surface area contributed by atoms with Crippen molar-refractivity contribution in [3.8, 4) is 0 Å².